The summed E-state index contributed by atoms with van der Waals surface area (Å²) in [7, 11) is 1.40. The molecule has 0 aliphatic heterocycles. The molecule has 1 atom stereocenters. The summed E-state index contributed by atoms with van der Waals surface area (Å²) in [6, 6.07) is 12.2. The Labute approximate surface area is 173 Å². The SMILES string of the molecule is COC(=O)c1ccccc1C1CC(=O)Cc2cc3c(cc21)C(C)(C)CCC3(C)C. The van der Waals surface area contributed by atoms with E-state index in [1.165, 1.54) is 23.8 Å². The lowest BCUT2D eigenvalue weighted by Gasteiger charge is -2.43. The minimum absolute atomic E-state index is 0.104. The lowest BCUT2D eigenvalue weighted by atomic mass is 9.61. The van der Waals surface area contributed by atoms with Crippen LogP contribution in [0.5, 0.6) is 0 Å². The van der Waals surface area contributed by atoms with E-state index in [0.29, 0.717) is 18.4 Å². The number of ketones is 1. The third-order valence-electron chi connectivity index (χ3n) is 7.05. The van der Waals surface area contributed by atoms with Gasteiger partial charge in [0, 0.05) is 18.8 Å². The molecule has 0 spiro atoms. The van der Waals surface area contributed by atoms with Crippen molar-refractivity contribution in [3.8, 4) is 0 Å². The third kappa shape index (κ3) is 3.31. The number of hydrogen-bond donors (Lipinski definition) is 0. The molecule has 0 saturated heterocycles. The quantitative estimate of drug-likeness (QED) is 0.639. The molecule has 0 N–H and O–H groups in total. The zero-order chi connectivity index (χ0) is 21.0. The average molecular weight is 391 g/mol. The van der Waals surface area contributed by atoms with Gasteiger partial charge in [-0.3, -0.25) is 4.79 Å². The molecule has 0 fully saturated rings. The van der Waals surface area contributed by atoms with Gasteiger partial charge < -0.3 is 4.74 Å². The van der Waals surface area contributed by atoms with E-state index in [-0.39, 0.29) is 28.5 Å². The summed E-state index contributed by atoms with van der Waals surface area (Å²) < 4.78 is 5.01. The average Bonchev–Trinajstić information content (AvgIpc) is 2.69. The maximum atomic E-state index is 12.7. The van der Waals surface area contributed by atoms with Gasteiger partial charge in [0.15, 0.2) is 0 Å². The van der Waals surface area contributed by atoms with E-state index < -0.39 is 0 Å². The van der Waals surface area contributed by atoms with Crippen molar-refractivity contribution in [2.75, 3.05) is 7.11 Å². The van der Waals surface area contributed by atoms with Gasteiger partial charge in [-0.1, -0.05) is 58.0 Å². The highest BCUT2D eigenvalue weighted by molar-refractivity contribution is 5.92. The Bertz CT molecular complexity index is 997. The van der Waals surface area contributed by atoms with Gasteiger partial charge in [-0.05, 0) is 57.6 Å². The van der Waals surface area contributed by atoms with Gasteiger partial charge in [-0.2, -0.15) is 0 Å². The van der Waals surface area contributed by atoms with E-state index in [9.17, 15) is 9.59 Å². The monoisotopic (exact) mass is 390 g/mol. The lowest BCUT2D eigenvalue weighted by molar-refractivity contribution is -0.119. The van der Waals surface area contributed by atoms with Crippen molar-refractivity contribution in [2.45, 2.75) is 70.1 Å². The molecular weight excluding hydrogens is 360 g/mol. The number of fused-ring (bicyclic) bond motifs is 2. The first-order valence-corrected chi connectivity index (χ1v) is 10.5. The highest BCUT2D eigenvalue weighted by atomic mass is 16.5. The molecule has 0 radical (unpaired) electrons. The Hall–Kier alpha value is -2.42. The van der Waals surface area contributed by atoms with Gasteiger partial charge in [-0.15, -0.1) is 0 Å². The second-order valence-electron chi connectivity index (χ2n) is 9.92. The smallest absolute Gasteiger partial charge is 0.338 e. The minimum Gasteiger partial charge on any atom is -0.465 e. The Morgan fingerprint density at radius 2 is 1.59 bits per heavy atom. The van der Waals surface area contributed by atoms with Crippen molar-refractivity contribution in [2.24, 2.45) is 0 Å². The van der Waals surface area contributed by atoms with Crippen LogP contribution >= 0.6 is 0 Å². The number of carbonyl (C=O) groups is 2. The number of rotatable bonds is 2. The van der Waals surface area contributed by atoms with E-state index in [0.717, 1.165) is 24.0 Å². The molecule has 4 rings (SSSR count). The fourth-order valence-electron chi connectivity index (χ4n) is 5.15. The second kappa shape index (κ2) is 6.83. The van der Waals surface area contributed by atoms with E-state index in [1.807, 2.05) is 18.2 Å². The number of hydrogen-bond acceptors (Lipinski definition) is 3. The molecule has 3 heteroatoms. The van der Waals surface area contributed by atoms with Crippen molar-refractivity contribution in [3.63, 3.8) is 0 Å². The first-order valence-electron chi connectivity index (χ1n) is 10.5. The normalized spacial score (nSPS) is 21.8. The molecule has 29 heavy (non-hydrogen) atoms. The molecule has 2 aromatic carbocycles. The number of methoxy groups -OCH3 is 1. The van der Waals surface area contributed by atoms with Gasteiger partial charge in [0.1, 0.15) is 5.78 Å². The van der Waals surface area contributed by atoms with Crippen LogP contribution in [0.2, 0.25) is 0 Å². The molecule has 0 aromatic heterocycles. The molecule has 0 bridgehead atoms. The molecule has 0 amide bonds. The van der Waals surface area contributed by atoms with Crippen LogP contribution < -0.4 is 0 Å². The number of carbonyl (C=O) groups excluding carboxylic acids is 2. The van der Waals surface area contributed by atoms with Crippen molar-refractivity contribution in [3.05, 3.63) is 69.8 Å². The summed E-state index contributed by atoms with van der Waals surface area (Å²) in [5, 5.41) is 0. The van der Waals surface area contributed by atoms with Crippen molar-refractivity contribution in [1.82, 2.24) is 0 Å². The topological polar surface area (TPSA) is 43.4 Å². The predicted molar refractivity (Wildman–Crippen MR) is 115 cm³/mol. The zero-order valence-corrected chi connectivity index (χ0v) is 18.1. The van der Waals surface area contributed by atoms with E-state index in [2.05, 4.69) is 39.8 Å². The highest BCUT2D eigenvalue weighted by Crippen LogP contribution is 2.49. The summed E-state index contributed by atoms with van der Waals surface area (Å²) >= 11 is 0. The Morgan fingerprint density at radius 1 is 0.966 bits per heavy atom. The van der Waals surface area contributed by atoms with Gasteiger partial charge in [0.25, 0.3) is 0 Å². The van der Waals surface area contributed by atoms with E-state index in [1.54, 1.807) is 6.07 Å². The molecule has 152 valence electrons. The van der Waals surface area contributed by atoms with E-state index in [4.69, 9.17) is 4.74 Å². The van der Waals surface area contributed by atoms with Crippen LogP contribution in [0.4, 0.5) is 0 Å². The standard InChI is InChI=1S/C26H30O3/c1-25(2)10-11-26(3,4)23-15-20-16(13-22(23)25)12-17(27)14-21(20)18-8-6-7-9-19(18)24(28)29-5/h6-9,13,15,21H,10-12,14H2,1-5H3. The molecule has 2 aliphatic rings. The summed E-state index contributed by atoms with van der Waals surface area (Å²) in [6.45, 7) is 9.25. The Morgan fingerprint density at radius 3 is 2.24 bits per heavy atom. The van der Waals surface area contributed by atoms with Crippen LogP contribution in [0.3, 0.4) is 0 Å². The zero-order valence-electron chi connectivity index (χ0n) is 18.1. The molecule has 0 heterocycles. The van der Waals surface area contributed by atoms with Crippen LogP contribution in [0, 0.1) is 0 Å². The van der Waals surface area contributed by atoms with Crippen molar-refractivity contribution >= 4 is 11.8 Å². The lowest BCUT2D eigenvalue weighted by Crippen LogP contribution is -2.35. The fraction of sp³-hybridized carbons (Fsp3) is 0.462. The number of benzene rings is 2. The van der Waals surface area contributed by atoms with Crippen LogP contribution in [0.1, 0.15) is 91.1 Å². The molecule has 2 aliphatic carbocycles. The third-order valence-corrected chi connectivity index (χ3v) is 7.05. The number of Topliss-reactive ketones (excluding diaryl/α,β-unsaturated/α-hetero) is 1. The second-order valence-corrected chi connectivity index (χ2v) is 9.92. The maximum Gasteiger partial charge on any atom is 0.338 e. The Kier molecular flexibility index (Phi) is 4.68. The van der Waals surface area contributed by atoms with Gasteiger partial charge in [-0.25, -0.2) is 4.79 Å². The minimum atomic E-state index is -0.348. The van der Waals surface area contributed by atoms with Crippen LogP contribution in [-0.4, -0.2) is 18.9 Å². The number of esters is 1. The van der Waals surface area contributed by atoms with Crippen molar-refractivity contribution < 1.29 is 14.3 Å². The highest BCUT2D eigenvalue weighted by Gasteiger charge is 2.39. The summed E-state index contributed by atoms with van der Waals surface area (Å²) in [4.78, 5) is 25.1. The molecule has 1 unspecified atom stereocenters. The summed E-state index contributed by atoms with van der Waals surface area (Å²) in [5.41, 5.74) is 6.75. The predicted octanol–water partition coefficient (Wildman–Crippen LogP) is 5.47. The Balaban J connectivity index is 1.93. The van der Waals surface area contributed by atoms with Crippen LogP contribution in [0.25, 0.3) is 0 Å². The van der Waals surface area contributed by atoms with Gasteiger partial charge >= 0.3 is 5.97 Å². The van der Waals surface area contributed by atoms with Crippen LogP contribution in [0.15, 0.2) is 36.4 Å². The largest absolute Gasteiger partial charge is 0.465 e. The molecule has 0 saturated carbocycles. The fourth-order valence-corrected chi connectivity index (χ4v) is 5.15. The maximum absolute atomic E-state index is 12.7. The molecule has 2 aromatic rings. The summed E-state index contributed by atoms with van der Waals surface area (Å²) in [5.74, 6) is -0.220. The van der Waals surface area contributed by atoms with Gasteiger partial charge in [0.2, 0.25) is 0 Å². The van der Waals surface area contributed by atoms with E-state index >= 15 is 0 Å². The molecule has 3 nitrogen and oxygen atoms in total. The first kappa shape index (κ1) is 19.9. The van der Waals surface area contributed by atoms with Crippen molar-refractivity contribution in [1.29, 1.82) is 0 Å². The number of ether oxygens (including phenoxy) is 1. The van der Waals surface area contributed by atoms with Crippen LogP contribution in [-0.2, 0) is 26.8 Å². The summed E-state index contributed by atoms with van der Waals surface area (Å²) in [6.07, 6.45) is 3.21. The molecular formula is C26H30O3. The van der Waals surface area contributed by atoms with Gasteiger partial charge in [0.05, 0.1) is 12.7 Å². The first-order chi connectivity index (χ1) is 13.6.